The van der Waals surface area contributed by atoms with Crippen molar-refractivity contribution in [3.63, 3.8) is 0 Å². The van der Waals surface area contributed by atoms with Gasteiger partial charge in [-0.1, -0.05) is 6.07 Å². The molecule has 0 spiro atoms. The fourth-order valence-electron chi connectivity index (χ4n) is 1.86. The molecule has 1 aliphatic rings. The number of hydrogen-bond donors (Lipinski definition) is 0. The van der Waals surface area contributed by atoms with Crippen LogP contribution in [0.2, 0.25) is 0 Å². The highest BCUT2D eigenvalue weighted by atomic mass is 127. The summed E-state index contributed by atoms with van der Waals surface area (Å²) in [7, 11) is 0. The number of hydrogen-bond acceptors (Lipinski definition) is 4. The minimum absolute atomic E-state index is 0.000261. The number of ether oxygens (including phenoxy) is 3. The maximum Gasteiger partial charge on any atom is 0.231 e. The molecule has 2 aromatic rings. The number of Topliss-reactive ketones (excluding diaryl/α,β-unsaturated/α-hetero) is 1. The van der Waals surface area contributed by atoms with Gasteiger partial charge in [0.1, 0.15) is 5.75 Å². The van der Waals surface area contributed by atoms with Gasteiger partial charge in [0.2, 0.25) is 6.79 Å². The molecule has 5 heteroatoms. The van der Waals surface area contributed by atoms with E-state index in [4.69, 9.17) is 14.2 Å². The Hall–Kier alpha value is -1.76. The summed E-state index contributed by atoms with van der Waals surface area (Å²) in [4.78, 5) is 12.1. The second-order valence-corrected chi connectivity index (χ2v) is 5.48. The number of halogens is 1. The van der Waals surface area contributed by atoms with Crippen LogP contribution in [0.15, 0.2) is 42.5 Å². The van der Waals surface area contributed by atoms with Gasteiger partial charge in [-0.25, -0.2) is 0 Å². The highest BCUT2D eigenvalue weighted by Crippen LogP contribution is 2.32. The first-order valence-electron chi connectivity index (χ1n) is 6.03. The number of carbonyl (C=O) groups excluding carboxylic acids is 1. The van der Waals surface area contributed by atoms with E-state index in [1.807, 2.05) is 24.3 Å². The molecular formula is C15H11IO4. The van der Waals surface area contributed by atoms with Crippen LogP contribution in [0.4, 0.5) is 0 Å². The van der Waals surface area contributed by atoms with E-state index in [0.717, 1.165) is 3.57 Å². The Kier molecular flexibility index (Phi) is 3.77. The topological polar surface area (TPSA) is 44.8 Å². The van der Waals surface area contributed by atoms with E-state index < -0.39 is 0 Å². The number of fused-ring (bicyclic) bond motifs is 1. The lowest BCUT2D eigenvalue weighted by Crippen LogP contribution is -2.11. The van der Waals surface area contributed by atoms with E-state index >= 15 is 0 Å². The smallest absolute Gasteiger partial charge is 0.231 e. The second-order valence-electron chi connectivity index (χ2n) is 4.24. The van der Waals surface area contributed by atoms with E-state index in [1.54, 1.807) is 18.2 Å². The third-order valence-corrected chi connectivity index (χ3v) is 3.53. The molecule has 2 aromatic carbocycles. The fraction of sp³-hybridized carbons (Fsp3) is 0.133. The lowest BCUT2D eigenvalue weighted by atomic mass is 10.1. The second kappa shape index (κ2) is 5.70. The third kappa shape index (κ3) is 2.87. The van der Waals surface area contributed by atoms with Crippen molar-refractivity contribution < 1.29 is 19.0 Å². The minimum atomic E-state index is -0.0952. The Morgan fingerprint density at radius 1 is 1.15 bits per heavy atom. The molecule has 102 valence electrons. The van der Waals surface area contributed by atoms with Gasteiger partial charge in [-0.2, -0.15) is 0 Å². The SMILES string of the molecule is O=C(COc1cccc(I)c1)c1ccc2c(c1)OCO2. The van der Waals surface area contributed by atoms with Crippen molar-refractivity contribution in [1.82, 2.24) is 0 Å². The molecule has 0 radical (unpaired) electrons. The van der Waals surface area contributed by atoms with Crippen LogP contribution >= 0.6 is 22.6 Å². The van der Waals surface area contributed by atoms with Gasteiger partial charge in [-0.3, -0.25) is 4.79 Å². The van der Waals surface area contributed by atoms with Crippen LogP contribution in [-0.2, 0) is 0 Å². The van der Waals surface area contributed by atoms with Crippen molar-refractivity contribution in [3.8, 4) is 17.2 Å². The molecule has 1 heterocycles. The molecule has 3 rings (SSSR count). The lowest BCUT2D eigenvalue weighted by Gasteiger charge is -2.06. The average Bonchev–Trinajstić information content (AvgIpc) is 2.92. The van der Waals surface area contributed by atoms with Crippen LogP contribution in [0, 0.1) is 3.57 Å². The summed E-state index contributed by atoms with van der Waals surface area (Å²) in [6, 6.07) is 12.7. The summed E-state index contributed by atoms with van der Waals surface area (Å²) >= 11 is 2.20. The molecule has 0 saturated heterocycles. The van der Waals surface area contributed by atoms with Gasteiger partial charge in [-0.05, 0) is 59.0 Å². The van der Waals surface area contributed by atoms with Crippen molar-refractivity contribution in [2.75, 3.05) is 13.4 Å². The van der Waals surface area contributed by atoms with Crippen LogP contribution in [0.25, 0.3) is 0 Å². The first-order chi connectivity index (χ1) is 9.72. The zero-order valence-electron chi connectivity index (χ0n) is 10.5. The van der Waals surface area contributed by atoms with Crippen molar-refractivity contribution in [2.24, 2.45) is 0 Å². The van der Waals surface area contributed by atoms with Gasteiger partial charge < -0.3 is 14.2 Å². The van der Waals surface area contributed by atoms with Crippen LogP contribution < -0.4 is 14.2 Å². The lowest BCUT2D eigenvalue weighted by molar-refractivity contribution is 0.0921. The largest absolute Gasteiger partial charge is 0.485 e. The zero-order valence-corrected chi connectivity index (χ0v) is 12.6. The highest BCUT2D eigenvalue weighted by molar-refractivity contribution is 14.1. The molecule has 0 saturated carbocycles. The average molecular weight is 382 g/mol. The molecule has 20 heavy (non-hydrogen) atoms. The van der Waals surface area contributed by atoms with Crippen molar-refractivity contribution in [1.29, 1.82) is 0 Å². The maximum atomic E-state index is 12.1. The van der Waals surface area contributed by atoms with E-state index in [1.165, 1.54) is 0 Å². The molecule has 0 amide bonds. The van der Waals surface area contributed by atoms with Crippen LogP contribution in [0.1, 0.15) is 10.4 Å². The number of carbonyl (C=O) groups is 1. The molecule has 0 N–H and O–H groups in total. The first-order valence-corrected chi connectivity index (χ1v) is 7.11. The summed E-state index contributed by atoms with van der Waals surface area (Å²) < 4.78 is 17.0. The standard InChI is InChI=1S/C15H11IO4/c16-11-2-1-3-12(7-11)18-8-13(17)10-4-5-14-15(6-10)20-9-19-14/h1-7H,8-9H2. The first kappa shape index (κ1) is 13.2. The minimum Gasteiger partial charge on any atom is -0.485 e. The monoisotopic (exact) mass is 382 g/mol. The van der Waals surface area contributed by atoms with E-state index in [0.29, 0.717) is 22.8 Å². The summed E-state index contributed by atoms with van der Waals surface area (Å²) in [5.41, 5.74) is 0.555. The Bertz CT molecular complexity index is 654. The van der Waals surface area contributed by atoms with Crippen LogP contribution in [-0.4, -0.2) is 19.2 Å². The molecule has 1 aliphatic heterocycles. The molecule has 0 unspecified atom stereocenters. The number of benzene rings is 2. The summed E-state index contributed by atoms with van der Waals surface area (Å²) in [5, 5.41) is 0. The van der Waals surface area contributed by atoms with Crippen molar-refractivity contribution >= 4 is 28.4 Å². The summed E-state index contributed by atoms with van der Waals surface area (Å²) in [6.07, 6.45) is 0. The molecule has 0 atom stereocenters. The Labute approximate surface area is 129 Å². The highest BCUT2D eigenvalue weighted by Gasteiger charge is 2.16. The Morgan fingerprint density at radius 3 is 2.85 bits per heavy atom. The van der Waals surface area contributed by atoms with E-state index in [-0.39, 0.29) is 19.2 Å². The van der Waals surface area contributed by atoms with Gasteiger partial charge in [0.05, 0.1) is 0 Å². The Morgan fingerprint density at radius 2 is 2.00 bits per heavy atom. The summed E-state index contributed by atoms with van der Waals surface area (Å²) in [6.45, 7) is 0.200. The third-order valence-electron chi connectivity index (χ3n) is 2.86. The number of rotatable bonds is 4. The van der Waals surface area contributed by atoms with Gasteiger partial charge in [0.25, 0.3) is 0 Å². The molecule has 0 aromatic heterocycles. The van der Waals surface area contributed by atoms with Gasteiger partial charge in [-0.15, -0.1) is 0 Å². The maximum absolute atomic E-state index is 12.1. The quantitative estimate of drug-likeness (QED) is 0.602. The predicted molar refractivity (Wildman–Crippen MR) is 81.5 cm³/mol. The molecular weight excluding hydrogens is 371 g/mol. The normalized spacial score (nSPS) is 12.2. The molecule has 0 aliphatic carbocycles. The van der Waals surface area contributed by atoms with Crippen LogP contribution in [0.3, 0.4) is 0 Å². The zero-order chi connectivity index (χ0) is 13.9. The van der Waals surface area contributed by atoms with Gasteiger partial charge in [0, 0.05) is 9.13 Å². The van der Waals surface area contributed by atoms with Crippen molar-refractivity contribution in [2.45, 2.75) is 0 Å². The Balaban J connectivity index is 1.67. The van der Waals surface area contributed by atoms with Crippen LogP contribution in [0.5, 0.6) is 17.2 Å². The molecule has 0 bridgehead atoms. The van der Waals surface area contributed by atoms with Gasteiger partial charge in [0.15, 0.2) is 23.9 Å². The summed E-state index contributed by atoms with van der Waals surface area (Å²) in [5.74, 6) is 1.86. The van der Waals surface area contributed by atoms with Crippen molar-refractivity contribution in [3.05, 3.63) is 51.6 Å². The molecule has 4 nitrogen and oxygen atoms in total. The number of ketones is 1. The molecule has 0 fully saturated rings. The fourth-order valence-corrected chi connectivity index (χ4v) is 2.37. The van der Waals surface area contributed by atoms with E-state index in [9.17, 15) is 4.79 Å². The van der Waals surface area contributed by atoms with Gasteiger partial charge >= 0.3 is 0 Å². The predicted octanol–water partition coefficient (Wildman–Crippen LogP) is 3.28. The van der Waals surface area contributed by atoms with E-state index in [2.05, 4.69) is 22.6 Å².